The molecule has 0 aromatic heterocycles. The number of carbonyl (C=O) groups is 2. The lowest BCUT2D eigenvalue weighted by molar-refractivity contribution is -0.124. The number of nitrogens with one attached hydrogen (secondary N) is 1. The number of hydrogen-bond donors (Lipinski definition) is 1. The smallest absolute Gasteiger partial charge is 0.338 e. The van der Waals surface area contributed by atoms with E-state index in [2.05, 4.69) is 5.32 Å². The summed E-state index contributed by atoms with van der Waals surface area (Å²) in [7, 11) is 1.58. The van der Waals surface area contributed by atoms with Crippen LogP contribution in [0.5, 0.6) is 5.75 Å². The normalized spacial score (nSPS) is 10.1. The number of benzene rings is 2. The van der Waals surface area contributed by atoms with Gasteiger partial charge in [-0.25, -0.2) is 4.79 Å². The predicted molar refractivity (Wildman–Crippen MR) is 91.0 cm³/mol. The number of rotatable bonds is 6. The van der Waals surface area contributed by atoms with Crippen LogP contribution in [0.3, 0.4) is 0 Å². The van der Waals surface area contributed by atoms with Crippen molar-refractivity contribution in [1.29, 1.82) is 0 Å². The zero-order valence-electron chi connectivity index (χ0n) is 14.1. The maximum atomic E-state index is 12.0. The van der Waals surface area contributed by atoms with Crippen molar-refractivity contribution in [2.45, 2.75) is 20.4 Å². The summed E-state index contributed by atoms with van der Waals surface area (Å²) in [6.45, 7) is 3.88. The van der Waals surface area contributed by atoms with Crippen molar-refractivity contribution < 1.29 is 19.1 Å². The van der Waals surface area contributed by atoms with E-state index in [1.807, 2.05) is 44.2 Å². The third-order valence-corrected chi connectivity index (χ3v) is 3.75. The molecule has 0 fully saturated rings. The molecule has 2 aromatic rings. The Morgan fingerprint density at radius 1 is 1.04 bits per heavy atom. The molecule has 0 radical (unpaired) electrons. The van der Waals surface area contributed by atoms with Crippen molar-refractivity contribution in [3.63, 3.8) is 0 Å². The molecule has 0 unspecified atom stereocenters. The number of amides is 1. The maximum Gasteiger partial charge on any atom is 0.338 e. The molecule has 0 bridgehead atoms. The van der Waals surface area contributed by atoms with E-state index < -0.39 is 5.97 Å². The number of ether oxygens (including phenoxy) is 2. The van der Waals surface area contributed by atoms with E-state index in [-0.39, 0.29) is 12.5 Å². The number of hydrogen-bond acceptors (Lipinski definition) is 4. The van der Waals surface area contributed by atoms with Gasteiger partial charge in [-0.1, -0.05) is 24.3 Å². The van der Waals surface area contributed by atoms with E-state index in [0.29, 0.717) is 17.9 Å². The molecule has 1 amide bonds. The van der Waals surface area contributed by atoms with Crippen LogP contribution in [0.1, 0.15) is 27.0 Å². The summed E-state index contributed by atoms with van der Waals surface area (Å²) in [5.41, 5.74) is 3.40. The maximum absolute atomic E-state index is 12.0. The monoisotopic (exact) mass is 327 g/mol. The number of carbonyl (C=O) groups excluding carboxylic acids is 2. The average molecular weight is 327 g/mol. The zero-order valence-corrected chi connectivity index (χ0v) is 14.1. The van der Waals surface area contributed by atoms with Gasteiger partial charge in [-0.15, -0.1) is 0 Å². The molecule has 0 atom stereocenters. The molecule has 126 valence electrons. The third kappa shape index (κ3) is 4.59. The van der Waals surface area contributed by atoms with E-state index in [1.165, 1.54) is 0 Å². The summed E-state index contributed by atoms with van der Waals surface area (Å²) in [6, 6.07) is 12.7. The van der Waals surface area contributed by atoms with Crippen molar-refractivity contribution >= 4 is 11.9 Å². The molecule has 1 N–H and O–H groups in total. The van der Waals surface area contributed by atoms with Crippen LogP contribution in [0.15, 0.2) is 42.5 Å². The SMILES string of the molecule is COc1ccccc1CNC(=O)COC(=O)c1ccc(C)c(C)c1. The molecule has 0 aliphatic heterocycles. The van der Waals surface area contributed by atoms with E-state index in [9.17, 15) is 9.59 Å². The van der Waals surface area contributed by atoms with Gasteiger partial charge in [0.1, 0.15) is 5.75 Å². The van der Waals surface area contributed by atoms with Crippen LogP contribution in [0, 0.1) is 13.8 Å². The Hall–Kier alpha value is -2.82. The van der Waals surface area contributed by atoms with Gasteiger partial charge in [0.05, 0.1) is 12.7 Å². The second-order valence-electron chi connectivity index (χ2n) is 5.46. The summed E-state index contributed by atoms with van der Waals surface area (Å²) in [6.07, 6.45) is 0. The molecule has 2 aromatic carbocycles. The second-order valence-corrected chi connectivity index (χ2v) is 5.46. The number of methoxy groups -OCH3 is 1. The minimum atomic E-state index is -0.509. The summed E-state index contributed by atoms with van der Waals surface area (Å²) in [4.78, 5) is 23.8. The lowest BCUT2D eigenvalue weighted by Crippen LogP contribution is -2.28. The lowest BCUT2D eigenvalue weighted by Gasteiger charge is -2.10. The van der Waals surface area contributed by atoms with Gasteiger partial charge in [0.15, 0.2) is 6.61 Å². The largest absolute Gasteiger partial charge is 0.496 e. The van der Waals surface area contributed by atoms with Gasteiger partial charge < -0.3 is 14.8 Å². The van der Waals surface area contributed by atoms with Gasteiger partial charge in [0.25, 0.3) is 5.91 Å². The van der Waals surface area contributed by atoms with Gasteiger partial charge in [-0.2, -0.15) is 0 Å². The highest BCUT2D eigenvalue weighted by Crippen LogP contribution is 2.16. The Balaban J connectivity index is 1.84. The van der Waals surface area contributed by atoms with Gasteiger partial charge >= 0.3 is 5.97 Å². The Morgan fingerprint density at radius 2 is 1.79 bits per heavy atom. The fourth-order valence-corrected chi connectivity index (χ4v) is 2.18. The summed E-state index contributed by atoms with van der Waals surface area (Å²) in [5.74, 6) is -0.173. The van der Waals surface area contributed by atoms with Crippen LogP contribution in [0.4, 0.5) is 0 Å². The minimum absolute atomic E-state index is 0.310. The van der Waals surface area contributed by atoms with Crippen LogP contribution >= 0.6 is 0 Å². The first kappa shape index (κ1) is 17.5. The molecule has 2 rings (SSSR count). The van der Waals surface area contributed by atoms with Crippen LogP contribution < -0.4 is 10.1 Å². The number of para-hydroxylation sites is 1. The van der Waals surface area contributed by atoms with Crippen molar-refractivity contribution in [2.75, 3.05) is 13.7 Å². The molecule has 0 heterocycles. The Kier molecular flexibility index (Phi) is 5.95. The fraction of sp³-hybridized carbons (Fsp3) is 0.263. The first-order valence-corrected chi connectivity index (χ1v) is 7.64. The second kappa shape index (κ2) is 8.15. The highest BCUT2D eigenvalue weighted by Gasteiger charge is 2.11. The third-order valence-electron chi connectivity index (χ3n) is 3.75. The van der Waals surface area contributed by atoms with Gasteiger partial charge in [-0.3, -0.25) is 4.79 Å². The quantitative estimate of drug-likeness (QED) is 0.829. The number of aryl methyl sites for hydroxylation is 2. The van der Waals surface area contributed by atoms with Crippen molar-refractivity contribution in [3.8, 4) is 5.75 Å². The topological polar surface area (TPSA) is 64.6 Å². The van der Waals surface area contributed by atoms with E-state index in [4.69, 9.17) is 9.47 Å². The standard InChI is InChI=1S/C19H21NO4/c1-13-8-9-15(10-14(13)2)19(22)24-12-18(21)20-11-16-6-4-5-7-17(16)23-3/h4-10H,11-12H2,1-3H3,(H,20,21). The van der Waals surface area contributed by atoms with Crippen molar-refractivity contribution in [1.82, 2.24) is 5.32 Å². The van der Waals surface area contributed by atoms with Gasteiger partial charge in [0, 0.05) is 12.1 Å². The molecule has 5 heteroatoms. The molecule has 0 spiro atoms. The van der Waals surface area contributed by atoms with Crippen LogP contribution in [0.2, 0.25) is 0 Å². The van der Waals surface area contributed by atoms with Gasteiger partial charge in [-0.05, 0) is 43.2 Å². The molecular weight excluding hydrogens is 306 g/mol. The lowest BCUT2D eigenvalue weighted by atomic mass is 10.1. The fourth-order valence-electron chi connectivity index (χ4n) is 2.18. The van der Waals surface area contributed by atoms with E-state index in [0.717, 1.165) is 16.7 Å². The van der Waals surface area contributed by atoms with Crippen LogP contribution in [-0.2, 0) is 16.1 Å². The number of esters is 1. The molecule has 5 nitrogen and oxygen atoms in total. The molecular formula is C19H21NO4. The van der Waals surface area contributed by atoms with Crippen molar-refractivity contribution in [2.24, 2.45) is 0 Å². The highest BCUT2D eigenvalue weighted by atomic mass is 16.5. The molecule has 0 saturated carbocycles. The van der Waals surface area contributed by atoms with Crippen molar-refractivity contribution in [3.05, 3.63) is 64.7 Å². The highest BCUT2D eigenvalue weighted by molar-refractivity contribution is 5.91. The van der Waals surface area contributed by atoms with Crippen LogP contribution in [-0.4, -0.2) is 25.6 Å². The average Bonchev–Trinajstić information content (AvgIpc) is 2.60. The zero-order chi connectivity index (χ0) is 17.5. The van der Waals surface area contributed by atoms with E-state index >= 15 is 0 Å². The van der Waals surface area contributed by atoms with E-state index in [1.54, 1.807) is 19.2 Å². The van der Waals surface area contributed by atoms with Crippen LogP contribution in [0.25, 0.3) is 0 Å². The molecule has 0 saturated heterocycles. The minimum Gasteiger partial charge on any atom is -0.496 e. The summed E-state index contributed by atoms with van der Waals surface area (Å²) in [5, 5.41) is 2.70. The molecule has 24 heavy (non-hydrogen) atoms. The Morgan fingerprint density at radius 3 is 2.50 bits per heavy atom. The summed E-state index contributed by atoms with van der Waals surface area (Å²) < 4.78 is 10.3. The Labute approximate surface area is 141 Å². The Bertz CT molecular complexity index is 740. The first-order chi connectivity index (χ1) is 11.5. The van der Waals surface area contributed by atoms with Gasteiger partial charge in [0.2, 0.25) is 0 Å². The predicted octanol–water partition coefficient (Wildman–Crippen LogP) is 2.79. The molecule has 0 aliphatic carbocycles. The molecule has 0 aliphatic rings. The first-order valence-electron chi connectivity index (χ1n) is 7.64. The summed E-state index contributed by atoms with van der Waals surface area (Å²) >= 11 is 0.